The Kier molecular flexibility index (Phi) is 9.27. The molecule has 0 bridgehead atoms. The van der Waals surface area contributed by atoms with Gasteiger partial charge in [0, 0.05) is 6.54 Å². The highest BCUT2D eigenvalue weighted by Gasteiger charge is 2.11. The Bertz CT molecular complexity index is 410. The van der Waals surface area contributed by atoms with Gasteiger partial charge in [-0.25, -0.2) is 0 Å². The molecule has 0 saturated carbocycles. The summed E-state index contributed by atoms with van der Waals surface area (Å²) in [5.74, 6) is 1.33. The standard InChI is InChI=1S/C17H28ClNO2/c1-4-6-7-8-9-10-19-13-14-11-15(18)17(20-3)16(12-14)21-5-2/h11-12,19H,4-10,13H2,1-3H3. The summed E-state index contributed by atoms with van der Waals surface area (Å²) in [5, 5.41) is 4.06. The van der Waals surface area contributed by atoms with Crippen molar-refractivity contribution in [1.82, 2.24) is 5.32 Å². The Morgan fingerprint density at radius 2 is 1.86 bits per heavy atom. The average molecular weight is 314 g/mol. The molecule has 120 valence electrons. The summed E-state index contributed by atoms with van der Waals surface area (Å²) in [5.41, 5.74) is 1.12. The highest BCUT2D eigenvalue weighted by Crippen LogP contribution is 2.36. The van der Waals surface area contributed by atoms with E-state index in [9.17, 15) is 0 Å². The fourth-order valence-corrected chi connectivity index (χ4v) is 2.58. The quantitative estimate of drug-likeness (QED) is 0.595. The fraction of sp³-hybridized carbons (Fsp3) is 0.647. The van der Waals surface area contributed by atoms with Gasteiger partial charge in [0.05, 0.1) is 18.7 Å². The van der Waals surface area contributed by atoms with E-state index in [-0.39, 0.29) is 0 Å². The zero-order valence-electron chi connectivity index (χ0n) is 13.5. The fourth-order valence-electron chi connectivity index (χ4n) is 2.27. The largest absolute Gasteiger partial charge is 0.491 e. The molecule has 0 spiro atoms. The van der Waals surface area contributed by atoms with Crippen molar-refractivity contribution in [2.75, 3.05) is 20.3 Å². The van der Waals surface area contributed by atoms with Crippen LogP contribution < -0.4 is 14.8 Å². The lowest BCUT2D eigenvalue weighted by Gasteiger charge is -2.13. The third kappa shape index (κ3) is 6.58. The lowest BCUT2D eigenvalue weighted by atomic mass is 10.1. The SMILES string of the molecule is CCCCCCCNCc1cc(Cl)c(OC)c(OCC)c1. The Hall–Kier alpha value is -0.930. The van der Waals surface area contributed by atoms with Gasteiger partial charge in [-0.1, -0.05) is 44.2 Å². The Labute approximate surface area is 134 Å². The van der Waals surface area contributed by atoms with E-state index in [0.29, 0.717) is 23.1 Å². The van der Waals surface area contributed by atoms with E-state index < -0.39 is 0 Å². The molecule has 1 aromatic rings. The first-order chi connectivity index (χ1) is 10.2. The Morgan fingerprint density at radius 3 is 2.52 bits per heavy atom. The van der Waals surface area contributed by atoms with Gasteiger partial charge in [0.25, 0.3) is 0 Å². The van der Waals surface area contributed by atoms with Gasteiger partial charge in [-0.15, -0.1) is 0 Å². The minimum Gasteiger partial charge on any atom is -0.491 e. The summed E-state index contributed by atoms with van der Waals surface area (Å²) >= 11 is 6.23. The van der Waals surface area contributed by atoms with Crippen molar-refractivity contribution in [3.63, 3.8) is 0 Å². The number of ether oxygens (including phenoxy) is 2. The number of hydrogen-bond donors (Lipinski definition) is 1. The van der Waals surface area contributed by atoms with Gasteiger partial charge < -0.3 is 14.8 Å². The van der Waals surface area contributed by atoms with Gasteiger partial charge in [-0.05, 0) is 37.6 Å². The molecule has 0 aliphatic carbocycles. The van der Waals surface area contributed by atoms with Crippen LogP contribution in [0.1, 0.15) is 51.5 Å². The van der Waals surface area contributed by atoms with Crippen LogP contribution in [0.15, 0.2) is 12.1 Å². The monoisotopic (exact) mass is 313 g/mol. The van der Waals surface area contributed by atoms with Crippen molar-refractivity contribution < 1.29 is 9.47 Å². The molecular weight excluding hydrogens is 286 g/mol. The molecule has 0 heterocycles. The minimum absolute atomic E-state index is 0.598. The number of halogens is 1. The smallest absolute Gasteiger partial charge is 0.179 e. The zero-order chi connectivity index (χ0) is 15.5. The molecule has 1 rings (SSSR count). The van der Waals surface area contributed by atoms with Crippen molar-refractivity contribution in [2.45, 2.75) is 52.5 Å². The third-order valence-electron chi connectivity index (χ3n) is 3.36. The van der Waals surface area contributed by atoms with Crippen LogP contribution >= 0.6 is 11.6 Å². The second kappa shape index (κ2) is 10.7. The summed E-state index contributed by atoms with van der Waals surface area (Å²) in [4.78, 5) is 0. The molecular formula is C17H28ClNO2. The molecule has 3 nitrogen and oxygen atoms in total. The maximum absolute atomic E-state index is 6.23. The van der Waals surface area contributed by atoms with Crippen molar-refractivity contribution in [3.8, 4) is 11.5 Å². The summed E-state index contributed by atoms with van der Waals surface area (Å²) in [6, 6.07) is 3.94. The zero-order valence-corrected chi connectivity index (χ0v) is 14.3. The first-order valence-electron chi connectivity index (χ1n) is 7.92. The lowest BCUT2D eigenvalue weighted by Crippen LogP contribution is -2.14. The minimum atomic E-state index is 0.598. The number of hydrogen-bond acceptors (Lipinski definition) is 3. The van der Waals surface area contributed by atoms with E-state index in [1.165, 1.54) is 32.1 Å². The molecule has 0 aliphatic heterocycles. The van der Waals surface area contributed by atoms with Crippen LogP contribution in [0.4, 0.5) is 0 Å². The van der Waals surface area contributed by atoms with Gasteiger partial charge in [0.15, 0.2) is 11.5 Å². The van der Waals surface area contributed by atoms with Crippen LogP contribution in [0.3, 0.4) is 0 Å². The van der Waals surface area contributed by atoms with E-state index >= 15 is 0 Å². The van der Waals surface area contributed by atoms with Gasteiger partial charge in [0.2, 0.25) is 0 Å². The van der Waals surface area contributed by atoms with Gasteiger partial charge in [-0.2, -0.15) is 0 Å². The molecule has 0 aromatic heterocycles. The normalized spacial score (nSPS) is 10.7. The maximum atomic E-state index is 6.23. The van der Waals surface area contributed by atoms with E-state index in [4.69, 9.17) is 21.1 Å². The number of rotatable bonds is 11. The van der Waals surface area contributed by atoms with Crippen LogP contribution in [0.5, 0.6) is 11.5 Å². The van der Waals surface area contributed by atoms with Crippen molar-refractivity contribution >= 4 is 11.6 Å². The molecule has 0 aliphatic rings. The van der Waals surface area contributed by atoms with E-state index in [0.717, 1.165) is 18.7 Å². The topological polar surface area (TPSA) is 30.5 Å². The predicted molar refractivity (Wildman–Crippen MR) is 89.6 cm³/mol. The van der Waals surface area contributed by atoms with Crippen LogP contribution in [0.2, 0.25) is 5.02 Å². The number of methoxy groups -OCH3 is 1. The summed E-state index contributed by atoms with van der Waals surface area (Å²) in [6.45, 7) is 6.63. The Morgan fingerprint density at radius 1 is 1.10 bits per heavy atom. The molecule has 4 heteroatoms. The Balaban J connectivity index is 2.44. The maximum Gasteiger partial charge on any atom is 0.179 e. The van der Waals surface area contributed by atoms with Crippen molar-refractivity contribution in [3.05, 3.63) is 22.7 Å². The summed E-state index contributed by atoms with van der Waals surface area (Å²) in [7, 11) is 1.61. The van der Waals surface area contributed by atoms with Gasteiger partial charge in [-0.3, -0.25) is 0 Å². The molecule has 0 amide bonds. The second-order valence-electron chi connectivity index (χ2n) is 5.13. The van der Waals surface area contributed by atoms with E-state index in [1.807, 2.05) is 19.1 Å². The molecule has 0 radical (unpaired) electrons. The summed E-state index contributed by atoms with van der Waals surface area (Å²) in [6.07, 6.45) is 6.49. The molecule has 0 fully saturated rings. The average Bonchev–Trinajstić information content (AvgIpc) is 2.46. The van der Waals surface area contributed by atoms with E-state index in [1.54, 1.807) is 7.11 Å². The molecule has 0 saturated heterocycles. The third-order valence-corrected chi connectivity index (χ3v) is 3.64. The van der Waals surface area contributed by atoms with Crippen molar-refractivity contribution in [1.29, 1.82) is 0 Å². The molecule has 0 unspecified atom stereocenters. The molecule has 1 N–H and O–H groups in total. The van der Waals surface area contributed by atoms with Crippen LogP contribution in [0, 0.1) is 0 Å². The highest BCUT2D eigenvalue weighted by molar-refractivity contribution is 6.32. The van der Waals surface area contributed by atoms with E-state index in [2.05, 4.69) is 12.2 Å². The lowest BCUT2D eigenvalue weighted by molar-refractivity contribution is 0.310. The van der Waals surface area contributed by atoms with Crippen LogP contribution in [0.25, 0.3) is 0 Å². The van der Waals surface area contributed by atoms with Crippen molar-refractivity contribution in [2.24, 2.45) is 0 Å². The number of benzene rings is 1. The second-order valence-corrected chi connectivity index (χ2v) is 5.54. The number of unbranched alkanes of at least 4 members (excludes halogenated alkanes) is 4. The molecule has 0 atom stereocenters. The van der Waals surface area contributed by atoms with Gasteiger partial charge in [0.1, 0.15) is 0 Å². The number of nitrogens with one attached hydrogen (secondary N) is 1. The first-order valence-corrected chi connectivity index (χ1v) is 8.30. The van der Waals surface area contributed by atoms with Crippen LogP contribution in [-0.4, -0.2) is 20.3 Å². The summed E-state index contributed by atoms with van der Waals surface area (Å²) < 4.78 is 10.9. The van der Waals surface area contributed by atoms with Crippen LogP contribution in [-0.2, 0) is 6.54 Å². The highest BCUT2D eigenvalue weighted by atomic mass is 35.5. The molecule has 21 heavy (non-hydrogen) atoms. The predicted octanol–water partition coefficient (Wildman–Crippen LogP) is 4.81. The van der Waals surface area contributed by atoms with Gasteiger partial charge >= 0.3 is 0 Å². The first kappa shape index (κ1) is 18.1. The molecule has 1 aromatic carbocycles.